The maximum absolute atomic E-state index is 4.15. The average Bonchev–Trinajstić information content (AvgIpc) is 3.03. The van der Waals surface area contributed by atoms with E-state index >= 15 is 0 Å². The SMILES string of the molecule is c1cnc(CNCCCC2CC2)nc1. The molecule has 0 aromatic carbocycles. The highest BCUT2D eigenvalue weighted by atomic mass is 14.9. The first-order valence-corrected chi connectivity index (χ1v) is 5.42. The molecule has 76 valence electrons. The first-order valence-electron chi connectivity index (χ1n) is 5.42. The minimum absolute atomic E-state index is 0.797. The molecule has 0 saturated heterocycles. The molecule has 2 rings (SSSR count). The normalized spacial score (nSPS) is 15.7. The van der Waals surface area contributed by atoms with Crippen LogP contribution in [0.5, 0.6) is 0 Å². The van der Waals surface area contributed by atoms with E-state index in [0.29, 0.717) is 0 Å². The number of nitrogens with one attached hydrogen (secondary N) is 1. The fourth-order valence-electron chi connectivity index (χ4n) is 1.54. The van der Waals surface area contributed by atoms with Crippen molar-refractivity contribution in [3.63, 3.8) is 0 Å². The Balaban J connectivity index is 1.54. The zero-order chi connectivity index (χ0) is 9.64. The summed E-state index contributed by atoms with van der Waals surface area (Å²) in [4.78, 5) is 8.30. The summed E-state index contributed by atoms with van der Waals surface area (Å²) in [6, 6.07) is 1.84. The van der Waals surface area contributed by atoms with Crippen LogP contribution in [0.15, 0.2) is 18.5 Å². The van der Waals surface area contributed by atoms with Gasteiger partial charge in [-0.1, -0.05) is 12.8 Å². The monoisotopic (exact) mass is 191 g/mol. The van der Waals surface area contributed by atoms with Crippen LogP contribution in [-0.2, 0) is 6.54 Å². The van der Waals surface area contributed by atoms with Gasteiger partial charge in [-0.2, -0.15) is 0 Å². The molecule has 3 heteroatoms. The van der Waals surface area contributed by atoms with Gasteiger partial charge < -0.3 is 5.32 Å². The van der Waals surface area contributed by atoms with Crippen LogP contribution in [0, 0.1) is 5.92 Å². The lowest BCUT2D eigenvalue weighted by atomic mass is 10.2. The quantitative estimate of drug-likeness (QED) is 0.696. The molecule has 0 radical (unpaired) electrons. The van der Waals surface area contributed by atoms with Crippen LogP contribution in [0.3, 0.4) is 0 Å². The molecule has 1 aliphatic carbocycles. The van der Waals surface area contributed by atoms with Gasteiger partial charge in [-0.25, -0.2) is 9.97 Å². The molecule has 1 N–H and O–H groups in total. The molecule has 1 aliphatic rings. The largest absolute Gasteiger partial charge is 0.310 e. The standard InChI is InChI=1S/C11H17N3/c1(3-10-4-5-10)6-12-9-11-13-7-2-8-14-11/h2,7-8,10,12H,1,3-6,9H2. The number of aromatic nitrogens is 2. The van der Waals surface area contributed by atoms with E-state index in [1.165, 1.54) is 25.7 Å². The van der Waals surface area contributed by atoms with Crippen molar-refractivity contribution in [3.05, 3.63) is 24.3 Å². The number of hydrogen-bond donors (Lipinski definition) is 1. The molecule has 0 bridgehead atoms. The number of rotatable bonds is 6. The third-order valence-corrected chi connectivity index (χ3v) is 2.57. The Hall–Kier alpha value is -0.960. The molecule has 0 spiro atoms. The van der Waals surface area contributed by atoms with E-state index in [2.05, 4.69) is 15.3 Å². The Kier molecular flexibility index (Phi) is 3.46. The molecule has 14 heavy (non-hydrogen) atoms. The second-order valence-electron chi connectivity index (χ2n) is 3.93. The Morgan fingerprint density at radius 3 is 2.79 bits per heavy atom. The Morgan fingerprint density at radius 1 is 1.29 bits per heavy atom. The second kappa shape index (κ2) is 5.05. The molecule has 3 nitrogen and oxygen atoms in total. The summed E-state index contributed by atoms with van der Waals surface area (Å²) < 4.78 is 0. The van der Waals surface area contributed by atoms with Gasteiger partial charge in [0.25, 0.3) is 0 Å². The van der Waals surface area contributed by atoms with Crippen molar-refractivity contribution in [1.82, 2.24) is 15.3 Å². The maximum Gasteiger partial charge on any atom is 0.141 e. The summed E-state index contributed by atoms with van der Waals surface area (Å²) in [5, 5.41) is 3.36. The zero-order valence-electron chi connectivity index (χ0n) is 8.45. The first-order chi connectivity index (χ1) is 6.95. The highest BCUT2D eigenvalue weighted by Gasteiger charge is 2.19. The molecule has 0 unspecified atom stereocenters. The van der Waals surface area contributed by atoms with Crippen LogP contribution < -0.4 is 5.32 Å². The van der Waals surface area contributed by atoms with Gasteiger partial charge in [-0.05, 0) is 31.4 Å². The summed E-state index contributed by atoms with van der Waals surface area (Å²) in [7, 11) is 0. The Morgan fingerprint density at radius 2 is 2.07 bits per heavy atom. The fourth-order valence-corrected chi connectivity index (χ4v) is 1.54. The summed E-state index contributed by atoms with van der Waals surface area (Å²) in [5.41, 5.74) is 0. The summed E-state index contributed by atoms with van der Waals surface area (Å²) >= 11 is 0. The third-order valence-electron chi connectivity index (χ3n) is 2.57. The van der Waals surface area contributed by atoms with Gasteiger partial charge >= 0.3 is 0 Å². The van der Waals surface area contributed by atoms with E-state index < -0.39 is 0 Å². The lowest BCUT2D eigenvalue weighted by molar-refractivity contribution is 0.583. The van der Waals surface area contributed by atoms with E-state index in [4.69, 9.17) is 0 Å². The van der Waals surface area contributed by atoms with Gasteiger partial charge in [0, 0.05) is 12.4 Å². The van der Waals surface area contributed by atoms with Crippen LogP contribution in [0.1, 0.15) is 31.5 Å². The Bertz CT molecular complexity index is 256. The van der Waals surface area contributed by atoms with Gasteiger partial charge in [0.2, 0.25) is 0 Å². The van der Waals surface area contributed by atoms with Crippen molar-refractivity contribution < 1.29 is 0 Å². The molecule has 1 aromatic heterocycles. The van der Waals surface area contributed by atoms with Crippen molar-refractivity contribution in [2.75, 3.05) is 6.54 Å². The molecule has 1 heterocycles. The van der Waals surface area contributed by atoms with Gasteiger partial charge in [-0.3, -0.25) is 0 Å². The van der Waals surface area contributed by atoms with Crippen LogP contribution in [0.25, 0.3) is 0 Å². The van der Waals surface area contributed by atoms with E-state index in [9.17, 15) is 0 Å². The van der Waals surface area contributed by atoms with Gasteiger partial charge in [0.1, 0.15) is 5.82 Å². The van der Waals surface area contributed by atoms with Crippen LogP contribution in [0.4, 0.5) is 0 Å². The molecule has 1 saturated carbocycles. The maximum atomic E-state index is 4.15. The van der Waals surface area contributed by atoms with Gasteiger partial charge in [0.05, 0.1) is 6.54 Å². The third kappa shape index (κ3) is 3.42. The van der Waals surface area contributed by atoms with Crippen LogP contribution in [-0.4, -0.2) is 16.5 Å². The predicted molar refractivity (Wildman–Crippen MR) is 55.7 cm³/mol. The fraction of sp³-hybridized carbons (Fsp3) is 0.636. The average molecular weight is 191 g/mol. The molecular formula is C11H17N3. The second-order valence-corrected chi connectivity index (χ2v) is 3.93. The highest BCUT2D eigenvalue weighted by Crippen LogP contribution is 2.33. The lowest BCUT2D eigenvalue weighted by Gasteiger charge is -2.02. The lowest BCUT2D eigenvalue weighted by Crippen LogP contribution is -2.16. The van der Waals surface area contributed by atoms with Crippen LogP contribution in [0.2, 0.25) is 0 Å². The number of hydrogen-bond acceptors (Lipinski definition) is 3. The molecule has 1 aromatic rings. The molecule has 1 fully saturated rings. The first kappa shape index (κ1) is 9.59. The zero-order valence-corrected chi connectivity index (χ0v) is 8.45. The van der Waals surface area contributed by atoms with Gasteiger partial charge in [-0.15, -0.1) is 0 Å². The topological polar surface area (TPSA) is 37.8 Å². The smallest absolute Gasteiger partial charge is 0.141 e. The van der Waals surface area contributed by atoms with E-state index in [-0.39, 0.29) is 0 Å². The molecular weight excluding hydrogens is 174 g/mol. The molecule has 0 aliphatic heterocycles. The number of nitrogens with zero attached hydrogens (tertiary/aromatic N) is 2. The summed E-state index contributed by atoms with van der Waals surface area (Å²) in [5.74, 6) is 1.93. The van der Waals surface area contributed by atoms with Crippen molar-refractivity contribution in [1.29, 1.82) is 0 Å². The molecule has 0 amide bonds. The van der Waals surface area contributed by atoms with Crippen molar-refractivity contribution in [2.45, 2.75) is 32.2 Å². The van der Waals surface area contributed by atoms with E-state index in [0.717, 1.165) is 24.8 Å². The van der Waals surface area contributed by atoms with Crippen molar-refractivity contribution >= 4 is 0 Å². The van der Waals surface area contributed by atoms with Gasteiger partial charge in [0.15, 0.2) is 0 Å². The van der Waals surface area contributed by atoms with E-state index in [1.807, 2.05) is 6.07 Å². The highest BCUT2D eigenvalue weighted by molar-refractivity contribution is 4.87. The minimum Gasteiger partial charge on any atom is -0.310 e. The van der Waals surface area contributed by atoms with Crippen molar-refractivity contribution in [3.8, 4) is 0 Å². The minimum atomic E-state index is 0.797. The van der Waals surface area contributed by atoms with Crippen LogP contribution >= 0.6 is 0 Å². The van der Waals surface area contributed by atoms with E-state index in [1.54, 1.807) is 12.4 Å². The predicted octanol–water partition coefficient (Wildman–Crippen LogP) is 1.76. The molecule has 0 atom stereocenters. The van der Waals surface area contributed by atoms with Crippen molar-refractivity contribution in [2.24, 2.45) is 5.92 Å². The summed E-state index contributed by atoms with van der Waals surface area (Å²) in [6.45, 7) is 1.89. The Labute approximate surface area is 85.0 Å². The summed E-state index contributed by atoms with van der Waals surface area (Å²) in [6.07, 6.45) is 9.17.